The van der Waals surface area contributed by atoms with Crippen molar-refractivity contribution < 1.29 is 9.59 Å². The van der Waals surface area contributed by atoms with Crippen LogP contribution in [0.3, 0.4) is 0 Å². The summed E-state index contributed by atoms with van der Waals surface area (Å²) in [5, 5.41) is 0. The van der Waals surface area contributed by atoms with Crippen LogP contribution in [-0.4, -0.2) is 23.3 Å². The molecule has 0 fully saturated rings. The van der Waals surface area contributed by atoms with Crippen LogP contribution >= 0.6 is 0 Å². The SMILES string of the molecule is CCCCCCCN1C(=O)c2ccc(N)cc2C1=O. The second-order valence-electron chi connectivity index (χ2n) is 4.98. The van der Waals surface area contributed by atoms with E-state index < -0.39 is 0 Å². The van der Waals surface area contributed by atoms with Crippen LogP contribution in [0.4, 0.5) is 5.69 Å². The minimum atomic E-state index is -0.206. The van der Waals surface area contributed by atoms with Gasteiger partial charge in [-0.2, -0.15) is 0 Å². The molecule has 0 saturated heterocycles. The van der Waals surface area contributed by atoms with Gasteiger partial charge in [-0.25, -0.2) is 0 Å². The van der Waals surface area contributed by atoms with E-state index in [2.05, 4.69) is 6.92 Å². The highest BCUT2D eigenvalue weighted by atomic mass is 16.2. The number of hydrogen-bond donors (Lipinski definition) is 1. The quantitative estimate of drug-likeness (QED) is 0.486. The lowest BCUT2D eigenvalue weighted by atomic mass is 10.1. The third-order valence-corrected chi connectivity index (χ3v) is 3.48. The Kier molecular flexibility index (Phi) is 4.20. The normalized spacial score (nSPS) is 14.1. The van der Waals surface area contributed by atoms with E-state index in [-0.39, 0.29) is 11.8 Å². The smallest absolute Gasteiger partial charge is 0.261 e. The first kappa shape index (κ1) is 13.6. The molecule has 2 amide bonds. The number of rotatable bonds is 6. The summed E-state index contributed by atoms with van der Waals surface area (Å²) < 4.78 is 0. The van der Waals surface area contributed by atoms with Crippen LogP contribution < -0.4 is 5.73 Å². The van der Waals surface area contributed by atoms with Crippen molar-refractivity contribution >= 4 is 17.5 Å². The van der Waals surface area contributed by atoms with E-state index in [4.69, 9.17) is 5.73 Å². The number of amides is 2. The summed E-state index contributed by atoms with van der Waals surface area (Å²) in [6, 6.07) is 4.89. The second kappa shape index (κ2) is 5.87. The van der Waals surface area contributed by atoms with E-state index >= 15 is 0 Å². The van der Waals surface area contributed by atoms with Crippen molar-refractivity contribution in [3.05, 3.63) is 29.3 Å². The summed E-state index contributed by atoms with van der Waals surface area (Å²) in [4.78, 5) is 25.6. The molecule has 1 aliphatic rings. The molecular weight excluding hydrogens is 240 g/mol. The molecule has 0 saturated carbocycles. The van der Waals surface area contributed by atoms with Gasteiger partial charge in [-0.3, -0.25) is 14.5 Å². The molecule has 0 radical (unpaired) electrons. The molecule has 2 N–H and O–H groups in total. The maximum absolute atomic E-state index is 12.1. The van der Waals surface area contributed by atoms with E-state index in [0.29, 0.717) is 23.4 Å². The summed E-state index contributed by atoms with van der Waals surface area (Å²) in [6.07, 6.45) is 5.49. The number of fused-ring (bicyclic) bond motifs is 1. The third kappa shape index (κ3) is 2.78. The van der Waals surface area contributed by atoms with E-state index in [1.54, 1.807) is 18.2 Å². The standard InChI is InChI=1S/C15H20N2O2/c1-2-3-4-5-6-9-17-14(18)12-8-7-11(16)10-13(12)15(17)19/h7-8,10H,2-6,9,16H2,1H3. The number of anilines is 1. The minimum absolute atomic E-state index is 0.185. The molecule has 0 spiro atoms. The molecular formula is C15H20N2O2. The van der Waals surface area contributed by atoms with Crippen molar-refractivity contribution in [2.75, 3.05) is 12.3 Å². The van der Waals surface area contributed by atoms with Gasteiger partial charge in [0.15, 0.2) is 0 Å². The maximum atomic E-state index is 12.1. The van der Waals surface area contributed by atoms with Crippen LogP contribution in [0.25, 0.3) is 0 Å². The Morgan fingerprint density at radius 2 is 1.68 bits per heavy atom. The Morgan fingerprint density at radius 1 is 1.00 bits per heavy atom. The number of nitrogen functional groups attached to an aromatic ring is 1. The van der Waals surface area contributed by atoms with Gasteiger partial charge in [-0.1, -0.05) is 32.6 Å². The average Bonchev–Trinajstić information content (AvgIpc) is 2.63. The summed E-state index contributed by atoms with van der Waals surface area (Å²) >= 11 is 0. The second-order valence-corrected chi connectivity index (χ2v) is 4.98. The minimum Gasteiger partial charge on any atom is -0.399 e. The van der Waals surface area contributed by atoms with Gasteiger partial charge in [0.1, 0.15) is 0 Å². The third-order valence-electron chi connectivity index (χ3n) is 3.48. The van der Waals surface area contributed by atoms with Gasteiger partial charge < -0.3 is 5.73 Å². The fourth-order valence-electron chi connectivity index (χ4n) is 2.38. The van der Waals surface area contributed by atoms with Gasteiger partial charge in [0.25, 0.3) is 11.8 Å². The van der Waals surface area contributed by atoms with Crippen LogP contribution in [-0.2, 0) is 0 Å². The molecule has 4 nitrogen and oxygen atoms in total. The Morgan fingerprint density at radius 3 is 2.42 bits per heavy atom. The van der Waals surface area contributed by atoms with E-state index in [1.165, 1.54) is 17.7 Å². The molecule has 0 bridgehead atoms. The van der Waals surface area contributed by atoms with E-state index in [9.17, 15) is 9.59 Å². The van der Waals surface area contributed by atoms with Crippen molar-refractivity contribution in [2.45, 2.75) is 39.0 Å². The molecule has 1 heterocycles. The van der Waals surface area contributed by atoms with E-state index in [0.717, 1.165) is 19.3 Å². The van der Waals surface area contributed by atoms with Crippen LogP contribution in [0, 0.1) is 0 Å². The van der Waals surface area contributed by atoms with E-state index in [1.807, 2.05) is 0 Å². The van der Waals surface area contributed by atoms with Crippen molar-refractivity contribution in [1.82, 2.24) is 4.90 Å². The van der Waals surface area contributed by atoms with Crippen LogP contribution in [0.15, 0.2) is 18.2 Å². The van der Waals surface area contributed by atoms with Crippen LogP contribution in [0.2, 0.25) is 0 Å². The number of nitrogens with zero attached hydrogens (tertiary/aromatic N) is 1. The maximum Gasteiger partial charge on any atom is 0.261 e. The number of unbranched alkanes of at least 4 members (excludes halogenated alkanes) is 4. The monoisotopic (exact) mass is 260 g/mol. The molecule has 1 aromatic rings. The highest BCUT2D eigenvalue weighted by molar-refractivity contribution is 6.21. The molecule has 1 aliphatic heterocycles. The zero-order chi connectivity index (χ0) is 13.8. The number of nitrogens with two attached hydrogens (primary N) is 1. The molecule has 0 aliphatic carbocycles. The number of carbonyl (C=O) groups excluding carboxylic acids is 2. The Bertz CT molecular complexity index is 497. The van der Waals surface area contributed by atoms with Gasteiger partial charge in [-0.05, 0) is 24.6 Å². The Hall–Kier alpha value is -1.84. The fourth-order valence-corrected chi connectivity index (χ4v) is 2.38. The van der Waals surface area contributed by atoms with Gasteiger partial charge in [0.05, 0.1) is 11.1 Å². The first-order valence-corrected chi connectivity index (χ1v) is 6.91. The first-order valence-electron chi connectivity index (χ1n) is 6.91. The van der Waals surface area contributed by atoms with Gasteiger partial charge in [0, 0.05) is 12.2 Å². The van der Waals surface area contributed by atoms with Crippen molar-refractivity contribution in [1.29, 1.82) is 0 Å². The number of carbonyl (C=O) groups is 2. The summed E-state index contributed by atoms with van der Waals surface area (Å²) in [5.74, 6) is -0.390. The zero-order valence-corrected chi connectivity index (χ0v) is 11.3. The van der Waals surface area contributed by atoms with Crippen molar-refractivity contribution in [3.8, 4) is 0 Å². The lowest BCUT2D eigenvalue weighted by Gasteiger charge is -2.13. The topological polar surface area (TPSA) is 63.4 Å². The van der Waals surface area contributed by atoms with Crippen molar-refractivity contribution in [3.63, 3.8) is 0 Å². The molecule has 1 aromatic carbocycles. The van der Waals surface area contributed by atoms with Gasteiger partial charge in [-0.15, -0.1) is 0 Å². The predicted octanol–water partition coefficient (Wildman–Crippen LogP) is 2.84. The molecule has 4 heteroatoms. The number of imide groups is 1. The highest BCUT2D eigenvalue weighted by Gasteiger charge is 2.34. The van der Waals surface area contributed by atoms with Gasteiger partial charge >= 0.3 is 0 Å². The first-order chi connectivity index (χ1) is 9.15. The Labute approximate surface area is 113 Å². The summed E-state index contributed by atoms with van der Waals surface area (Å²) in [5.41, 5.74) is 7.10. The average molecular weight is 260 g/mol. The predicted molar refractivity (Wildman–Crippen MR) is 75.0 cm³/mol. The largest absolute Gasteiger partial charge is 0.399 e. The molecule has 0 aromatic heterocycles. The van der Waals surface area contributed by atoms with Crippen LogP contribution in [0.1, 0.15) is 59.7 Å². The fraction of sp³-hybridized carbons (Fsp3) is 0.467. The lowest BCUT2D eigenvalue weighted by Crippen LogP contribution is -2.30. The van der Waals surface area contributed by atoms with Crippen molar-refractivity contribution in [2.24, 2.45) is 0 Å². The molecule has 0 unspecified atom stereocenters. The van der Waals surface area contributed by atoms with Gasteiger partial charge in [0.2, 0.25) is 0 Å². The molecule has 19 heavy (non-hydrogen) atoms. The molecule has 0 atom stereocenters. The molecule has 102 valence electrons. The number of benzene rings is 1. The zero-order valence-electron chi connectivity index (χ0n) is 11.3. The lowest BCUT2D eigenvalue weighted by molar-refractivity contribution is 0.0651. The highest BCUT2D eigenvalue weighted by Crippen LogP contribution is 2.25. The summed E-state index contributed by atoms with van der Waals surface area (Å²) in [7, 11) is 0. The molecule has 2 rings (SSSR count). The Balaban J connectivity index is 1.98. The number of hydrogen-bond acceptors (Lipinski definition) is 3. The van der Waals surface area contributed by atoms with Crippen LogP contribution in [0.5, 0.6) is 0 Å². The summed E-state index contributed by atoms with van der Waals surface area (Å²) in [6.45, 7) is 2.67.